The third-order valence-electron chi connectivity index (χ3n) is 7.59. The van der Waals surface area contributed by atoms with Crippen molar-refractivity contribution in [3.63, 3.8) is 0 Å². The van der Waals surface area contributed by atoms with Crippen molar-refractivity contribution in [1.82, 2.24) is 15.1 Å². The van der Waals surface area contributed by atoms with E-state index < -0.39 is 52.9 Å². The normalized spacial score (nSPS) is 13.2. The van der Waals surface area contributed by atoms with Crippen LogP contribution in [0.5, 0.6) is 0 Å². The summed E-state index contributed by atoms with van der Waals surface area (Å²) in [6.45, 7) is 8.91. The highest BCUT2D eigenvalue weighted by molar-refractivity contribution is 5.95. The molecule has 246 valence electrons. The van der Waals surface area contributed by atoms with Gasteiger partial charge in [0.2, 0.25) is 17.7 Å². The lowest BCUT2D eigenvalue weighted by Gasteiger charge is -2.34. The molecule has 10 heteroatoms. The van der Waals surface area contributed by atoms with Crippen molar-refractivity contribution in [2.75, 3.05) is 14.1 Å². The molecule has 3 aromatic rings. The first-order valence-corrected chi connectivity index (χ1v) is 15.2. The number of fused-ring (bicyclic) bond motifs is 1. The highest BCUT2D eigenvalue weighted by Crippen LogP contribution is 2.21. The largest absolute Gasteiger partial charge is 0.444 e. The van der Waals surface area contributed by atoms with E-state index in [0.717, 1.165) is 16.3 Å². The van der Waals surface area contributed by atoms with Gasteiger partial charge in [0.25, 0.3) is 0 Å². The molecule has 0 fully saturated rings. The number of carbonyl (C=O) groups excluding carboxylic acids is 4. The molecule has 0 saturated carbocycles. The van der Waals surface area contributed by atoms with E-state index in [1.807, 2.05) is 42.5 Å². The molecule has 46 heavy (non-hydrogen) atoms. The third kappa shape index (κ3) is 10.2. The van der Waals surface area contributed by atoms with E-state index in [1.54, 1.807) is 46.8 Å². The molecule has 0 aliphatic heterocycles. The summed E-state index contributed by atoms with van der Waals surface area (Å²) in [7, 11) is 2.95. The van der Waals surface area contributed by atoms with Gasteiger partial charge in [0.1, 0.15) is 23.5 Å². The fraction of sp³-hybridized carbons (Fsp3) is 0.389. The second-order valence-electron chi connectivity index (χ2n) is 13.1. The summed E-state index contributed by atoms with van der Waals surface area (Å²) >= 11 is 0. The number of amides is 4. The topological polar surface area (TPSA) is 122 Å². The SMILES string of the molecule is CN(C(=O)/C=C/CC(C)(C)NC(=O)OC(C)(C)C)C(Cc1ccc2ccccc2c1)C(=O)N(C)C(Cc1ccccc1F)C(N)=O. The number of rotatable bonds is 12. The van der Waals surface area contributed by atoms with Gasteiger partial charge >= 0.3 is 6.09 Å². The molecule has 2 atom stereocenters. The van der Waals surface area contributed by atoms with Crippen LogP contribution in [-0.4, -0.2) is 70.9 Å². The maximum absolute atomic E-state index is 14.5. The summed E-state index contributed by atoms with van der Waals surface area (Å²) < 4.78 is 19.8. The van der Waals surface area contributed by atoms with Crippen LogP contribution in [0.4, 0.5) is 9.18 Å². The average Bonchev–Trinajstić information content (AvgIpc) is 2.96. The standard InChI is InChI=1S/C36H45FN4O5/c1-35(2,3)46-34(45)39-36(4,5)20-12-17-31(42)40(6)30(22-24-18-19-25-13-8-9-14-26(25)21-24)33(44)41(7)29(32(38)43)23-27-15-10-11-16-28(27)37/h8-19,21,29-30H,20,22-23H2,1-7H3,(H2,38,43)(H,39,45)/b17-12+. The third-order valence-corrected chi connectivity index (χ3v) is 7.59. The van der Waals surface area contributed by atoms with E-state index in [1.165, 1.54) is 48.2 Å². The smallest absolute Gasteiger partial charge is 0.408 e. The zero-order valence-corrected chi connectivity index (χ0v) is 27.7. The molecule has 0 aliphatic rings. The lowest BCUT2D eigenvalue weighted by molar-refractivity contribution is -0.145. The molecule has 0 aliphatic carbocycles. The minimum Gasteiger partial charge on any atom is -0.444 e. The van der Waals surface area contributed by atoms with Gasteiger partial charge in [-0.2, -0.15) is 0 Å². The number of alkyl carbamates (subject to hydrolysis) is 1. The summed E-state index contributed by atoms with van der Waals surface area (Å²) in [4.78, 5) is 54.9. The Morgan fingerprint density at radius 2 is 1.50 bits per heavy atom. The molecule has 0 saturated heterocycles. The van der Waals surface area contributed by atoms with Crippen LogP contribution in [-0.2, 0) is 32.0 Å². The molecule has 0 radical (unpaired) electrons. The Labute approximate surface area is 270 Å². The summed E-state index contributed by atoms with van der Waals surface area (Å²) in [6.07, 6.45) is 2.75. The molecule has 9 nitrogen and oxygen atoms in total. The molecule has 2 unspecified atom stereocenters. The van der Waals surface area contributed by atoms with Crippen molar-refractivity contribution in [2.45, 2.75) is 77.1 Å². The number of benzene rings is 3. The Hall–Kier alpha value is -4.73. The maximum Gasteiger partial charge on any atom is 0.408 e. The number of nitrogens with one attached hydrogen (secondary N) is 1. The lowest BCUT2D eigenvalue weighted by Crippen LogP contribution is -2.55. The fourth-order valence-electron chi connectivity index (χ4n) is 5.02. The molecule has 4 amide bonds. The van der Waals surface area contributed by atoms with Gasteiger partial charge in [-0.25, -0.2) is 9.18 Å². The Morgan fingerprint density at radius 1 is 0.870 bits per heavy atom. The second kappa shape index (κ2) is 15.0. The van der Waals surface area contributed by atoms with Gasteiger partial charge in [0.05, 0.1) is 0 Å². The van der Waals surface area contributed by atoms with Crippen LogP contribution < -0.4 is 11.1 Å². The van der Waals surface area contributed by atoms with Gasteiger partial charge < -0.3 is 25.6 Å². The highest BCUT2D eigenvalue weighted by Gasteiger charge is 2.34. The zero-order valence-electron chi connectivity index (χ0n) is 27.7. The van der Waals surface area contributed by atoms with Crippen LogP contribution in [0.3, 0.4) is 0 Å². The lowest BCUT2D eigenvalue weighted by atomic mass is 9.98. The van der Waals surface area contributed by atoms with E-state index >= 15 is 0 Å². The van der Waals surface area contributed by atoms with Gasteiger partial charge in [-0.3, -0.25) is 14.4 Å². The molecular weight excluding hydrogens is 587 g/mol. The molecule has 0 bridgehead atoms. The number of halogens is 1. The summed E-state index contributed by atoms with van der Waals surface area (Å²) in [6, 6.07) is 17.4. The van der Waals surface area contributed by atoms with Crippen LogP contribution in [0.15, 0.2) is 78.9 Å². The Balaban J connectivity index is 1.86. The Kier molecular flexibility index (Phi) is 11.7. The van der Waals surface area contributed by atoms with Crippen molar-refractivity contribution in [1.29, 1.82) is 0 Å². The maximum atomic E-state index is 14.5. The highest BCUT2D eigenvalue weighted by atomic mass is 19.1. The quantitative estimate of drug-likeness (QED) is 0.268. The van der Waals surface area contributed by atoms with Gasteiger partial charge in [-0.05, 0) is 75.1 Å². The summed E-state index contributed by atoms with van der Waals surface area (Å²) in [5.74, 6) is -2.28. The first kappa shape index (κ1) is 35.7. The molecule has 3 aromatic carbocycles. The molecular formula is C36H45FN4O5. The number of carbonyl (C=O) groups is 4. The molecule has 0 heterocycles. The molecule has 3 rings (SSSR count). The first-order valence-electron chi connectivity index (χ1n) is 15.2. The molecule has 3 N–H and O–H groups in total. The van der Waals surface area contributed by atoms with Gasteiger partial charge in [-0.1, -0.05) is 66.7 Å². The number of hydrogen-bond donors (Lipinski definition) is 2. The van der Waals surface area contributed by atoms with Crippen molar-refractivity contribution < 1.29 is 28.3 Å². The number of likely N-dealkylation sites (N-methyl/N-ethyl adjacent to an activating group) is 2. The van der Waals surface area contributed by atoms with Gasteiger partial charge in [0, 0.05) is 32.5 Å². The van der Waals surface area contributed by atoms with Crippen LogP contribution >= 0.6 is 0 Å². The monoisotopic (exact) mass is 632 g/mol. The van der Waals surface area contributed by atoms with Crippen molar-refractivity contribution >= 4 is 34.6 Å². The number of hydrogen-bond acceptors (Lipinski definition) is 5. The predicted molar refractivity (Wildman–Crippen MR) is 177 cm³/mol. The van der Waals surface area contributed by atoms with Crippen molar-refractivity contribution in [3.8, 4) is 0 Å². The Morgan fingerprint density at radius 3 is 2.13 bits per heavy atom. The molecule has 0 spiro atoms. The summed E-state index contributed by atoms with van der Waals surface area (Å²) in [5, 5.41) is 4.80. The van der Waals surface area contributed by atoms with E-state index in [0.29, 0.717) is 6.42 Å². The molecule has 0 aromatic heterocycles. The van der Waals surface area contributed by atoms with Gasteiger partial charge in [-0.15, -0.1) is 0 Å². The number of ether oxygens (including phenoxy) is 1. The minimum absolute atomic E-state index is 0.121. The van der Waals surface area contributed by atoms with Crippen LogP contribution in [0.2, 0.25) is 0 Å². The van der Waals surface area contributed by atoms with E-state index in [9.17, 15) is 23.6 Å². The van der Waals surface area contributed by atoms with Crippen molar-refractivity contribution in [2.24, 2.45) is 5.73 Å². The first-order chi connectivity index (χ1) is 21.5. The average molecular weight is 633 g/mol. The number of nitrogens with zero attached hydrogens (tertiary/aromatic N) is 2. The van der Waals surface area contributed by atoms with E-state index in [4.69, 9.17) is 10.5 Å². The predicted octanol–water partition coefficient (Wildman–Crippen LogP) is 5.15. The van der Waals surface area contributed by atoms with E-state index in [-0.39, 0.29) is 18.4 Å². The van der Waals surface area contributed by atoms with Crippen LogP contribution in [0, 0.1) is 5.82 Å². The fourth-order valence-corrected chi connectivity index (χ4v) is 5.02. The number of nitrogens with two attached hydrogens (primary N) is 1. The van der Waals surface area contributed by atoms with Crippen LogP contribution in [0.25, 0.3) is 10.8 Å². The van der Waals surface area contributed by atoms with Crippen LogP contribution in [0.1, 0.15) is 52.2 Å². The van der Waals surface area contributed by atoms with Gasteiger partial charge in [0.15, 0.2) is 0 Å². The Bertz CT molecular complexity index is 1600. The summed E-state index contributed by atoms with van der Waals surface area (Å²) in [5.41, 5.74) is 5.38. The minimum atomic E-state index is -1.15. The zero-order chi connectivity index (χ0) is 34.2. The second-order valence-corrected chi connectivity index (χ2v) is 13.1. The van der Waals surface area contributed by atoms with E-state index in [2.05, 4.69) is 5.32 Å². The van der Waals surface area contributed by atoms with Crippen molar-refractivity contribution in [3.05, 3.63) is 95.8 Å². The number of primary amides is 1.